The molecule has 1 aliphatic heterocycles. The summed E-state index contributed by atoms with van der Waals surface area (Å²) in [5.74, 6) is 0. The Morgan fingerprint density at radius 3 is 2.73 bits per heavy atom. The van der Waals surface area contributed by atoms with Gasteiger partial charge in [-0.25, -0.2) is 0 Å². The van der Waals surface area contributed by atoms with Crippen molar-refractivity contribution in [2.24, 2.45) is 0 Å². The number of morpholine rings is 1. The van der Waals surface area contributed by atoms with Crippen molar-refractivity contribution in [3.8, 4) is 0 Å². The smallest absolute Gasteiger partial charge is 0.131 e. The van der Waals surface area contributed by atoms with Crippen molar-refractivity contribution in [2.45, 2.75) is 6.04 Å². The molecule has 0 radical (unpaired) electrons. The zero-order valence-electron chi connectivity index (χ0n) is 6.68. The summed E-state index contributed by atoms with van der Waals surface area (Å²) < 4.78 is 5.22. The van der Waals surface area contributed by atoms with Crippen LogP contribution in [-0.4, -0.2) is 40.0 Å². The van der Waals surface area contributed by atoms with Crippen LogP contribution in [0.2, 0.25) is 6.04 Å². The Morgan fingerprint density at radius 1 is 1.55 bits per heavy atom. The van der Waals surface area contributed by atoms with E-state index in [2.05, 4.69) is 11.5 Å². The summed E-state index contributed by atoms with van der Waals surface area (Å²) in [6.07, 6.45) is 0. The molecule has 1 aliphatic rings. The van der Waals surface area contributed by atoms with Crippen LogP contribution in [0.15, 0.2) is 12.3 Å². The van der Waals surface area contributed by atoms with E-state index < -0.39 is 0 Å². The van der Waals surface area contributed by atoms with Crippen molar-refractivity contribution in [2.75, 3.05) is 26.3 Å². The predicted octanol–water partition coefficient (Wildman–Crippen LogP) is 0.573. The minimum atomic E-state index is -0.388. The van der Waals surface area contributed by atoms with Gasteiger partial charge in [0.2, 0.25) is 0 Å². The topological polar surface area (TPSA) is 12.5 Å². The van der Waals surface area contributed by atoms with Crippen molar-refractivity contribution < 1.29 is 4.74 Å². The van der Waals surface area contributed by atoms with Crippen molar-refractivity contribution in [3.63, 3.8) is 0 Å². The van der Waals surface area contributed by atoms with Gasteiger partial charge in [0.25, 0.3) is 0 Å². The highest BCUT2D eigenvalue weighted by atomic mass is 35.6. The van der Waals surface area contributed by atoms with E-state index in [1.54, 1.807) is 0 Å². The third-order valence-corrected chi connectivity index (χ3v) is 3.17. The second-order valence-electron chi connectivity index (χ2n) is 2.60. The minimum Gasteiger partial charge on any atom is -0.378 e. The lowest BCUT2D eigenvalue weighted by Gasteiger charge is -2.30. The van der Waals surface area contributed by atoms with Gasteiger partial charge < -0.3 is 9.64 Å². The van der Waals surface area contributed by atoms with Gasteiger partial charge in [-0.1, -0.05) is 6.58 Å². The second kappa shape index (κ2) is 4.80. The fraction of sp³-hybridized carbons (Fsp3) is 0.714. The number of nitrogens with zero attached hydrogens (tertiary/aromatic N) is 1. The summed E-state index contributed by atoms with van der Waals surface area (Å²) >= 11 is 5.74. The number of allylic oxidation sites excluding steroid dienone is 1. The van der Waals surface area contributed by atoms with Gasteiger partial charge in [-0.3, -0.25) is 0 Å². The molecule has 2 nitrogen and oxygen atoms in total. The molecule has 1 heterocycles. The summed E-state index contributed by atoms with van der Waals surface area (Å²) in [6, 6.07) is 1.03. The largest absolute Gasteiger partial charge is 0.378 e. The zero-order valence-corrected chi connectivity index (χ0v) is 8.85. The Balaban J connectivity index is 2.27. The summed E-state index contributed by atoms with van der Waals surface area (Å²) in [7, 11) is -0.388. The Kier molecular flexibility index (Phi) is 3.97. The monoisotopic (exact) mass is 191 g/mol. The molecule has 1 fully saturated rings. The first-order chi connectivity index (χ1) is 5.34. The van der Waals surface area contributed by atoms with Crippen molar-refractivity contribution in [1.82, 2.24) is 4.90 Å². The molecular weight excluding hydrogens is 178 g/mol. The van der Waals surface area contributed by atoms with Gasteiger partial charge in [0.05, 0.1) is 13.2 Å². The van der Waals surface area contributed by atoms with Crippen LogP contribution in [0.25, 0.3) is 0 Å². The predicted molar refractivity (Wildman–Crippen MR) is 50.7 cm³/mol. The van der Waals surface area contributed by atoms with E-state index in [4.69, 9.17) is 15.8 Å². The molecule has 0 spiro atoms. The molecule has 0 saturated carbocycles. The maximum Gasteiger partial charge on any atom is 0.131 e. The van der Waals surface area contributed by atoms with Crippen molar-refractivity contribution in [1.29, 1.82) is 0 Å². The van der Waals surface area contributed by atoms with Crippen molar-refractivity contribution in [3.05, 3.63) is 12.3 Å². The lowest BCUT2D eigenvalue weighted by atomic mass is 10.4. The highest BCUT2D eigenvalue weighted by Crippen LogP contribution is 2.09. The molecule has 64 valence electrons. The molecule has 0 aromatic heterocycles. The minimum absolute atomic E-state index is 0.388. The van der Waals surface area contributed by atoms with Crippen LogP contribution < -0.4 is 0 Å². The van der Waals surface area contributed by atoms with E-state index in [1.807, 2.05) is 0 Å². The number of hydrogen-bond donors (Lipinski definition) is 0. The molecular formula is C7H14ClNOSi. The van der Waals surface area contributed by atoms with Crippen LogP contribution in [-0.2, 0) is 4.74 Å². The Bertz CT molecular complexity index is 136. The summed E-state index contributed by atoms with van der Waals surface area (Å²) in [5, 5.41) is 0. The highest BCUT2D eigenvalue weighted by Gasteiger charge is 2.10. The normalized spacial score (nSPS) is 19.5. The Hall–Kier alpha value is 0.00688. The van der Waals surface area contributed by atoms with Gasteiger partial charge >= 0.3 is 0 Å². The van der Waals surface area contributed by atoms with Crippen molar-refractivity contribution >= 4 is 19.9 Å². The van der Waals surface area contributed by atoms with E-state index in [0.29, 0.717) is 0 Å². The van der Waals surface area contributed by atoms with E-state index >= 15 is 0 Å². The molecule has 4 heteroatoms. The number of hydrogen-bond acceptors (Lipinski definition) is 2. The van der Waals surface area contributed by atoms with E-state index in [1.165, 1.54) is 5.70 Å². The average molecular weight is 192 g/mol. The lowest BCUT2D eigenvalue weighted by Crippen LogP contribution is -2.35. The van der Waals surface area contributed by atoms with Crippen LogP contribution in [0.3, 0.4) is 0 Å². The first kappa shape index (κ1) is 9.10. The van der Waals surface area contributed by atoms with E-state index in [9.17, 15) is 0 Å². The first-order valence-corrected chi connectivity index (χ1v) is 7.05. The molecule has 0 aliphatic carbocycles. The number of halogens is 1. The summed E-state index contributed by atoms with van der Waals surface area (Å²) in [5.41, 5.74) is 1.20. The number of ether oxygens (including phenoxy) is 1. The molecule has 0 aromatic rings. The SMILES string of the molecule is C=C(C[SiH2]Cl)N1CCOCC1. The van der Waals surface area contributed by atoms with E-state index in [-0.39, 0.29) is 8.83 Å². The standard InChI is InChI=1S/C7H14ClNOSi/c1-7(6-11-8)9-2-4-10-5-3-9/h1-6,11H2. The highest BCUT2D eigenvalue weighted by molar-refractivity contribution is 6.93. The van der Waals surface area contributed by atoms with Crippen LogP contribution in [0.4, 0.5) is 0 Å². The Labute approximate surface area is 74.7 Å². The Morgan fingerprint density at radius 2 is 2.18 bits per heavy atom. The molecule has 0 aromatic carbocycles. The van der Waals surface area contributed by atoms with Gasteiger partial charge in [0.1, 0.15) is 8.83 Å². The molecule has 1 saturated heterocycles. The molecule has 0 atom stereocenters. The van der Waals surface area contributed by atoms with Crippen LogP contribution >= 0.6 is 11.1 Å². The van der Waals surface area contributed by atoms with Gasteiger partial charge in [-0.05, 0) is 6.04 Å². The number of rotatable bonds is 3. The first-order valence-electron chi connectivity index (χ1n) is 3.91. The average Bonchev–Trinajstić information content (AvgIpc) is 2.07. The molecule has 0 amide bonds. The third-order valence-electron chi connectivity index (χ3n) is 1.84. The zero-order chi connectivity index (χ0) is 8.10. The summed E-state index contributed by atoms with van der Waals surface area (Å²) in [4.78, 5) is 2.28. The van der Waals surface area contributed by atoms with Crippen LogP contribution in [0.5, 0.6) is 0 Å². The summed E-state index contributed by atoms with van der Waals surface area (Å²) in [6.45, 7) is 7.64. The maximum atomic E-state index is 5.74. The molecule has 11 heavy (non-hydrogen) atoms. The van der Waals surface area contributed by atoms with Gasteiger partial charge in [-0.15, -0.1) is 0 Å². The lowest BCUT2D eigenvalue weighted by molar-refractivity contribution is 0.0540. The molecule has 0 bridgehead atoms. The quantitative estimate of drug-likeness (QED) is 0.478. The van der Waals surface area contributed by atoms with Crippen LogP contribution in [0, 0.1) is 0 Å². The molecule has 1 rings (SSSR count). The van der Waals surface area contributed by atoms with Gasteiger partial charge in [-0.2, -0.15) is 11.1 Å². The van der Waals surface area contributed by atoms with Crippen LogP contribution in [0.1, 0.15) is 0 Å². The fourth-order valence-corrected chi connectivity index (χ4v) is 2.34. The van der Waals surface area contributed by atoms with E-state index in [0.717, 1.165) is 32.3 Å². The maximum absolute atomic E-state index is 5.74. The van der Waals surface area contributed by atoms with Gasteiger partial charge in [0.15, 0.2) is 0 Å². The second-order valence-corrected chi connectivity index (χ2v) is 4.62. The fourth-order valence-electron chi connectivity index (χ4n) is 1.15. The molecule has 0 unspecified atom stereocenters. The molecule has 0 N–H and O–H groups in total. The van der Waals surface area contributed by atoms with Gasteiger partial charge in [0, 0.05) is 18.8 Å². The third kappa shape index (κ3) is 2.85.